The average molecular weight is 202 g/mol. The molecule has 0 unspecified atom stereocenters. The molecule has 0 aliphatic carbocycles. The van der Waals surface area contributed by atoms with Gasteiger partial charge in [-0.05, 0) is 12.1 Å². The summed E-state index contributed by atoms with van der Waals surface area (Å²) in [6.45, 7) is -0.448. The molecule has 1 aromatic carbocycles. The van der Waals surface area contributed by atoms with Crippen LogP contribution >= 0.6 is 0 Å². The number of ether oxygens (including phenoxy) is 2. The first-order chi connectivity index (χ1) is 6.65. The minimum absolute atomic E-state index is 0.310. The van der Waals surface area contributed by atoms with E-state index in [4.69, 9.17) is 0 Å². The van der Waals surface area contributed by atoms with E-state index >= 15 is 0 Å². The van der Waals surface area contributed by atoms with Gasteiger partial charge in [0.15, 0.2) is 18.2 Å². The molecule has 0 aliphatic rings. The van der Waals surface area contributed by atoms with Gasteiger partial charge in [-0.2, -0.15) is 4.39 Å². The molecule has 0 spiro atoms. The van der Waals surface area contributed by atoms with E-state index < -0.39 is 24.2 Å². The summed E-state index contributed by atoms with van der Waals surface area (Å²) < 4.78 is 34.5. The topological polar surface area (TPSA) is 35.5 Å². The smallest absolute Gasteiger partial charge is 0.343 e. The van der Waals surface area contributed by atoms with Crippen LogP contribution in [0.2, 0.25) is 0 Å². The molecule has 0 saturated carbocycles. The first kappa shape index (κ1) is 10.4. The van der Waals surface area contributed by atoms with Crippen molar-refractivity contribution in [3.8, 4) is 5.75 Å². The van der Waals surface area contributed by atoms with Crippen molar-refractivity contribution in [1.82, 2.24) is 0 Å². The molecule has 0 aliphatic heterocycles. The molecule has 5 heteroatoms. The van der Waals surface area contributed by atoms with Gasteiger partial charge < -0.3 is 9.47 Å². The van der Waals surface area contributed by atoms with Crippen molar-refractivity contribution in [1.29, 1.82) is 0 Å². The number of benzene rings is 1. The number of methoxy groups -OCH3 is 1. The third kappa shape index (κ3) is 2.42. The summed E-state index contributed by atoms with van der Waals surface area (Å²) in [4.78, 5) is 10.6. The van der Waals surface area contributed by atoms with Gasteiger partial charge in [-0.1, -0.05) is 6.07 Å². The highest BCUT2D eigenvalue weighted by Gasteiger charge is 2.10. The number of carbonyl (C=O) groups excluding carboxylic acids is 1. The Balaban J connectivity index is 2.68. The van der Waals surface area contributed by atoms with Crippen LogP contribution in [0.4, 0.5) is 8.78 Å². The minimum atomic E-state index is -1.11. The summed E-state index contributed by atoms with van der Waals surface area (Å²) in [5.74, 6) is -3.10. The number of carbonyl (C=O) groups is 1. The summed E-state index contributed by atoms with van der Waals surface area (Å²) in [6.07, 6.45) is 0. The van der Waals surface area contributed by atoms with Crippen molar-refractivity contribution in [2.24, 2.45) is 0 Å². The molecule has 14 heavy (non-hydrogen) atoms. The fraction of sp³-hybridized carbons (Fsp3) is 0.222. The average Bonchev–Trinajstić information content (AvgIpc) is 2.20. The molecule has 1 rings (SSSR count). The van der Waals surface area contributed by atoms with Crippen molar-refractivity contribution in [2.45, 2.75) is 0 Å². The summed E-state index contributed by atoms with van der Waals surface area (Å²) in [7, 11) is 1.17. The van der Waals surface area contributed by atoms with Gasteiger partial charge in [0.1, 0.15) is 0 Å². The summed E-state index contributed by atoms with van der Waals surface area (Å²) in [5, 5.41) is 0. The highest BCUT2D eigenvalue weighted by atomic mass is 19.2. The van der Waals surface area contributed by atoms with E-state index in [1.807, 2.05) is 0 Å². The molecular formula is C9H8F2O3. The van der Waals surface area contributed by atoms with E-state index in [1.54, 1.807) is 0 Å². The fourth-order valence-corrected chi connectivity index (χ4v) is 0.791. The lowest BCUT2D eigenvalue weighted by atomic mass is 10.3. The Morgan fingerprint density at radius 3 is 2.79 bits per heavy atom. The molecule has 3 nitrogen and oxygen atoms in total. The van der Waals surface area contributed by atoms with Gasteiger partial charge in [0.05, 0.1) is 7.11 Å². The van der Waals surface area contributed by atoms with Crippen molar-refractivity contribution < 1.29 is 23.0 Å². The van der Waals surface area contributed by atoms with Crippen LogP contribution in [0.3, 0.4) is 0 Å². The zero-order chi connectivity index (χ0) is 10.6. The van der Waals surface area contributed by atoms with Gasteiger partial charge in [-0.25, -0.2) is 9.18 Å². The minimum Gasteiger partial charge on any atom is -0.479 e. The van der Waals surface area contributed by atoms with Gasteiger partial charge in [0, 0.05) is 0 Å². The molecule has 0 aromatic heterocycles. The van der Waals surface area contributed by atoms with Gasteiger partial charge in [-0.3, -0.25) is 0 Å². The largest absolute Gasteiger partial charge is 0.479 e. The van der Waals surface area contributed by atoms with Gasteiger partial charge in [0.25, 0.3) is 0 Å². The molecular weight excluding hydrogens is 194 g/mol. The molecule has 0 radical (unpaired) electrons. The Morgan fingerprint density at radius 1 is 1.43 bits per heavy atom. The Bertz CT molecular complexity index is 339. The fourth-order valence-electron chi connectivity index (χ4n) is 0.791. The van der Waals surface area contributed by atoms with Crippen LogP contribution in [-0.4, -0.2) is 19.7 Å². The maximum atomic E-state index is 12.9. The highest BCUT2D eigenvalue weighted by molar-refractivity contribution is 5.70. The van der Waals surface area contributed by atoms with E-state index in [1.165, 1.54) is 19.2 Å². The number of esters is 1. The normalized spacial score (nSPS) is 9.64. The third-order valence-corrected chi connectivity index (χ3v) is 1.49. The predicted molar refractivity (Wildman–Crippen MR) is 43.9 cm³/mol. The monoisotopic (exact) mass is 202 g/mol. The van der Waals surface area contributed by atoms with E-state index in [9.17, 15) is 13.6 Å². The van der Waals surface area contributed by atoms with E-state index in [0.717, 1.165) is 6.07 Å². The van der Waals surface area contributed by atoms with Gasteiger partial charge >= 0.3 is 5.97 Å². The lowest BCUT2D eigenvalue weighted by Crippen LogP contribution is -2.13. The summed E-state index contributed by atoms with van der Waals surface area (Å²) in [6, 6.07) is 3.46. The zero-order valence-electron chi connectivity index (χ0n) is 7.42. The maximum Gasteiger partial charge on any atom is 0.343 e. The maximum absolute atomic E-state index is 12.9. The number of rotatable bonds is 3. The molecule has 0 saturated heterocycles. The quantitative estimate of drug-likeness (QED) is 0.697. The van der Waals surface area contributed by atoms with Crippen LogP contribution in [0.15, 0.2) is 18.2 Å². The standard InChI is InChI=1S/C9H8F2O3/c1-13-8(12)5-14-7-4-2-3-6(10)9(7)11/h2-4H,5H2,1H3. The number of hydrogen-bond donors (Lipinski definition) is 0. The van der Waals surface area contributed by atoms with Crippen LogP contribution in [-0.2, 0) is 9.53 Å². The lowest BCUT2D eigenvalue weighted by Gasteiger charge is -2.05. The highest BCUT2D eigenvalue weighted by Crippen LogP contribution is 2.18. The number of hydrogen-bond acceptors (Lipinski definition) is 3. The zero-order valence-corrected chi connectivity index (χ0v) is 7.42. The van der Waals surface area contributed by atoms with Crippen molar-refractivity contribution in [2.75, 3.05) is 13.7 Å². The van der Waals surface area contributed by atoms with Crippen LogP contribution in [0.1, 0.15) is 0 Å². The van der Waals surface area contributed by atoms with Crippen LogP contribution in [0.25, 0.3) is 0 Å². The van der Waals surface area contributed by atoms with E-state index in [-0.39, 0.29) is 5.75 Å². The SMILES string of the molecule is COC(=O)COc1cccc(F)c1F. The molecule has 76 valence electrons. The molecule has 0 N–H and O–H groups in total. The van der Waals surface area contributed by atoms with Crippen LogP contribution in [0.5, 0.6) is 5.75 Å². The molecule has 0 atom stereocenters. The predicted octanol–water partition coefficient (Wildman–Crippen LogP) is 1.52. The Labute approximate surface area is 79.2 Å². The van der Waals surface area contributed by atoms with Crippen molar-refractivity contribution in [3.63, 3.8) is 0 Å². The first-order valence-corrected chi connectivity index (χ1v) is 3.78. The van der Waals surface area contributed by atoms with Crippen molar-refractivity contribution in [3.05, 3.63) is 29.8 Å². The molecule has 0 fully saturated rings. The Kier molecular flexibility index (Phi) is 3.39. The second-order valence-electron chi connectivity index (χ2n) is 2.42. The number of halogens is 2. The summed E-state index contributed by atoms with van der Waals surface area (Å²) >= 11 is 0. The first-order valence-electron chi connectivity index (χ1n) is 3.78. The molecule has 0 heterocycles. The van der Waals surface area contributed by atoms with Crippen LogP contribution in [0, 0.1) is 11.6 Å². The Morgan fingerprint density at radius 2 is 2.14 bits per heavy atom. The van der Waals surface area contributed by atoms with Crippen LogP contribution < -0.4 is 4.74 Å². The van der Waals surface area contributed by atoms with Gasteiger partial charge in [0.2, 0.25) is 5.82 Å². The Hall–Kier alpha value is -1.65. The molecule has 1 aromatic rings. The summed E-state index contributed by atoms with van der Waals surface area (Å²) in [5.41, 5.74) is 0. The second-order valence-corrected chi connectivity index (χ2v) is 2.42. The molecule has 0 amide bonds. The van der Waals surface area contributed by atoms with Gasteiger partial charge in [-0.15, -0.1) is 0 Å². The lowest BCUT2D eigenvalue weighted by molar-refractivity contribution is -0.142. The van der Waals surface area contributed by atoms with E-state index in [2.05, 4.69) is 9.47 Å². The van der Waals surface area contributed by atoms with E-state index in [0.29, 0.717) is 0 Å². The van der Waals surface area contributed by atoms with Crippen molar-refractivity contribution >= 4 is 5.97 Å². The molecule has 0 bridgehead atoms. The third-order valence-electron chi connectivity index (χ3n) is 1.49. The second kappa shape index (κ2) is 4.55.